The number of rotatable bonds is 4. The highest BCUT2D eigenvalue weighted by atomic mass is 16.2. The molecule has 7 nitrogen and oxygen atoms in total. The maximum Gasteiger partial charge on any atom is 0.268 e. The van der Waals surface area contributed by atoms with Crippen LogP contribution in [0.4, 0.5) is 0 Å². The van der Waals surface area contributed by atoms with E-state index in [9.17, 15) is 9.59 Å². The van der Waals surface area contributed by atoms with Gasteiger partial charge in [0.15, 0.2) is 5.43 Å². The number of carbonyl (C=O) groups excluding carboxylic acids is 1. The van der Waals surface area contributed by atoms with E-state index in [4.69, 9.17) is 0 Å². The van der Waals surface area contributed by atoms with Gasteiger partial charge in [-0.3, -0.25) is 9.59 Å². The highest BCUT2D eigenvalue weighted by Gasteiger charge is 2.07. The quantitative estimate of drug-likeness (QED) is 0.757. The van der Waals surface area contributed by atoms with Crippen LogP contribution in [0, 0.1) is 6.92 Å². The molecule has 0 saturated carbocycles. The number of nitrogens with zero attached hydrogens (tertiary/aromatic N) is 3. The zero-order valence-corrected chi connectivity index (χ0v) is 12.5. The number of hydrogen-bond acceptors (Lipinski definition) is 4. The van der Waals surface area contributed by atoms with Crippen molar-refractivity contribution in [2.45, 2.75) is 13.5 Å². The minimum Gasteiger partial charge on any atom is -0.354 e. The molecule has 0 atom stereocenters. The summed E-state index contributed by atoms with van der Waals surface area (Å²) in [6.45, 7) is 2.10. The lowest BCUT2D eigenvalue weighted by Gasteiger charge is -2.07. The van der Waals surface area contributed by atoms with Crippen LogP contribution in [0.15, 0.2) is 53.8 Å². The summed E-state index contributed by atoms with van der Waals surface area (Å²) in [5, 5.41) is 6.83. The monoisotopic (exact) mass is 309 g/mol. The van der Waals surface area contributed by atoms with Crippen LogP contribution < -0.4 is 10.7 Å². The van der Waals surface area contributed by atoms with Crippen molar-refractivity contribution in [3.63, 3.8) is 0 Å². The summed E-state index contributed by atoms with van der Waals surface area (Å²) in [6, 6.07) is 10.3. The molecule has 116 valence electrons. The second kappa shape index (κ2) is 6.27. The van der Waals surface area contributed by atoms with Crippen molar-refractivity contribution in [2.75, 3.05) is 0 Å². The molecule has 7 heteroatoms. The lowest BCUT2D eigenvalue weighted by Crippen LogP contribution is -2.25. The van der Waals surface area contributed by atoms with Gasteiger partial charge in [0.1, 0.15) is 18.3 Å². The number of carbonyl (C=O) groups is 1. The Hall–Kier alpha value is -3.22. The molecule has 3 rings (SSSR count). The topological polar surface area (TPSA) is 92.7 Å². The summed E-state index contributed by atoms with van der Waals surface area (Å²) < 4.78 is 1.65. The summed E-state index contributed by atoms with van der Waals surface area (Å²) in [5.41, 5.74) is 2.55. The molecule has 1 aromatic carbocycles. The average molecular weight is 309 g/mol. The maximum atomic E-state index is 12.1. The fraction of sp³-hybridized carbons (Fsp3) is 0.125. The molecule has 2 N–H and O–H groups in total. The number of aromatic nitrogens is 4. The molecule has 23 heavy (non-hydrogen) atoms. The van der Waals surface area contributed by atoms with Crippen molar-refractivity contribution in [1.29, 1.82) is 0 Å². The van der Waals surface area contributed by atoms with E-state index < -0.39 is 0 Å². The standard InChI is InChI=1S/C16H15N5O2/c1-11-6-14(22)7-15(20-11)16(23)18-8-12-2-4-13(5-3-12)21-10-17-9-19-21/h2-7,9-10H,8H2,1H3,(H,18,23)(H,20,22). The number of aryl methyl sites for hydroxylation is 1. The molecule has 0 aliphatic carbocycles. The molecule has 0 unspecified atom stereocenters. The first-order valence-corrected chi connectivity index (χ1v) is 7.05. The molecular formula is C16H15N5O2. The van der Waals surface area contributed by atoms with E-state index >= 15 is 0 Å². The maximum absolute atomic E-state index is 12.1. The Labute approximate surface area is 132 Å². The fourth-order valence-electron chi connectivity index (χ4n) is 2.19. The van der Waals surface area contributed by atoms with Crippen molar-refractivity contribution in [3.8, 4) is 5.69 Å². The molecule has 0 aliphatic heterocycles. The SMILES string of the molecule is Cc1cc(=O)cc(C(=O)NCc2ccc(-n3cncn3)cc2)[nH]1. The molecule has 1 amide bonds. The second-order valence-electron chi connectivity index (χ2n) is 5.10. The summed E-state index contributed by atoms with van der Waals surface area (Å²) in [7, 11) is 0. The first kappa shape index (κ1) is 14.7. The van der Waals surface area contributed by atoms with Crippen LogP contribution in [0.5, 0.6) is 0 Å². The van der Waals surface area contributed by atoms with Gasteiger partial charge in [-0.25, -0.2) is 9.67 Å². The van der Waals surface area contributed by atoms with Gasteiger partial charge in [0, 0.05) is 24.4 Å². The number of hydrogen-bond donors (Lipinski definition) is 2. The van der Waals surface area contributed by atoms with E-state index in [1.807, 2.05) is 24.3 Å². The Morgan fingerprint density at radius 2 is 2.04 bits per heavy atom. The van der Waals surface area contributed by atoms with E-state index in [2.05, 4.69) is 20.4 Å². The minimum absolute atomic E-state index is 0.191. The number of pyridine rings is 1. The van der Waals surface area contributed by atoms with Crippen LogP contribution in [0.2, 0.25) is 0 Å². The van der Waals surface area contributed by atoms with Crippen molar-refractivity contribution in [1.82, 2.24) is 25.1 Å². The Bertz CT molecular complexity index is 866. The summed E-state index contributed by atoms with van der Waals surface area (Å²) in [5.74, 6) is -0.314. The Kier molecular flexibility index (Phi) is 4.01. The van der Waals surface area contributed by atoms with Gasteiger partial charge in [-0.1, -0.05) is 12.1 Å². The molecule has 0 spiro atoms. The number of H-pyrrole nitrogens is 1. The van der Waals surface area contributed by atoms with E-state index in [0.29, 0.717) is 12.2 Å². The molecule has 0 bridgehead atoms. The molecule has 2 heterocycles. The number of aromatic amines is 1. The average Bonchev–Trinajstić information content (AvgIpc) is 3.06. The smallest absolute Gasteiger partial charge is 0.268 e. The highest BCUT2D eigenvalue weighted by Crippen LogP contribution is 2.08. The zero-order valence-electron chi connectivity index (χ0n) is 12.5. The summed E-state index contributed by atoms with van der Waals surface area (Å²) in [4.78, 5) is 30.3. The van der Waals surface area contributed by atoms with E-state index in [1.165, 1.54) is 18.5 Å². The molecule has 0 saturated heterocycles. The van der Waals surface area contributed by atoms with Crippen LogP contribution in [-0.4, -0.2) is 25.7 Å². The first-order valence-electron chi connectivity index (χ1n) is 7.05. The van der Waals surface area contributed by atoms with E-state index in [0.717, 1.165) is 11.3 Å². The van der Waals surface area contributed by atoms with Gasteiger partial charge in [-0.05, 0) is 24.6 Å². The molecule has 0 radical (unpaired) electrons. The highest BCUT2D eigenvalue weighted by molar-refractivity contribution is 5.92. The largest absolute Gasteiger partial charge is 0.354 e. The van der Waals surface area contributed by atoms with Crippen molar-refractivity contribution in [2.24, 2.45) is 0 Å². The Morgan fingerprint density at radius 1 is 1.26 bits per heavy atom. The van der Waals surface area contributed by atoms with Gasteiger partial charge in [0.2, 0.25) is 0 Å². The summed E-state index contributed by atoms with van der Waals surface area (Å²) in [6.07, 6.45) is 3.08. The van der Waals surface area contributed by atoms with Crippen LogP contribution in [0.1, 0.15) is 21.7 Å². The molecule has 2 aromatic heterocycles. The lowest BCUT2D eigenvalue weighted by atomic mass is 10.2. The third kappa shape index (κ3) is 3.52. The van der Waals surface area contributed by atoms with Crippen LogP contribution in [0.3, 0.4) is 0 Å². The van der Waals surface area contributed by atoms with Crippen LogP contribution in [0.25, 0.3) is 5.69 Å². The van der Waals surface area contributed by atoms with Gasteiger partial charge in [0.25, 0.3) is 5.91 Å². The Balaban J connectivity index is 1.66. The van der Waals surface area contributed by atoms with E-state index in [-0.39, 0.29) is 17.0 Å². The van der Waals surface area contributed by atoms with Gasteiger partial charge < -0.3 is 10.3 Å². The molecule has 0 fully saturated rings. The minimum atomic E-state index is -0.314. The predicted octanol–water partition coefficient (Wildman–Crippen LogP) is 1.19. The summed E-state index contributed by atoms with van der Waals surface area (Å²) >= 11 is 0. The second-order valence-corrected chi connectivity index (χ2v) is 5.10. The normalized spacial score (nSPS) is 10.5. The zero-order chi connectivity index (χ0) is 16.2. The number of benzene rings is 1. The molecular weight excluding hydrogens is 294 g/mol. The third-order valence-electron chi connectivity index (χ3n) is 3.29. The lowest BCUT2D eigenvalue weighted by molar-refractivity contribution is 0.0945. The molecule has 0 aliphatic rings. The van der Waals surface area contributed by atoms with Crippen LogP contribution >= 0.6 is 0 Å². The molecule has 3 aromatic rings. The first-order chi connectivity index (χ1) is 11.1. The van der Waals surface area contributed by atoms with Gasteiger partial charge in [-0.15, -0.1) is 0 Å². The van der Waals surface area contributed by atoms with Crippen LogP contribution in [-0.2, 0) is 6.54 Å². The number of amides is 1. The van der Waals surface area contributed by atoms with Gasteiger partial charge in [-0.2, -0.15) is 5.10 Å². The predicted molar refractivity (Wildman–Crippen MR) is 84.3 cm³/mol. The van der Waals surface area contributed by atoms with Crippen molar-refractivity contribution < 1.29 is 4.79 Å². The third-order valence-corrected chi connectivity index (χ3v) is 3.29. The fourth-order valence-corrected chi connectivity index (χ4v) is 2.19. The van der Waals surface area contributed by atoms with Crippen molar-refractivity contribution >= 4 is 5.91 Å². The van der Waals surface area contributed by atoms with Crippen molar-refractivity contribution in [3.05, 3.63) is 76.2 Å². The Morgan fingerprint density at radius 3 is 2.70 bits per heavy atom. The van der Waals surface area contributed by atoms with E-state index in [1.54, 1.807) is 17.9 Å². The van der Waals surface area contributed by atoms with Gasteiger partial charge >= 0.3 is 0 Å². The van der Waals surface area contributed by atoms with Gasteiger partial charge in [0.05, 0.1) is 5.69 Å². The number of nitrogens with one attached hydrogen (secondary N) is 2.